The SMILES string of the molecule is Cc1ccc(CC(NC(=O)c2ccc(-c3ccc(NC(=O)C(C)(C)C(F)(F)F)cc3)cc2F)C(OC(C)C)=C2CC2)cn1. The number of pyridine rings is 1. The molecule has 1 unspecified atom stereocenters. The number of halogens is 4. The molecule has 2 N–H and O–H groups in total. The number of carbonyl (C=O) groups excluding carboxylic acids is 2. The van der Waals surface area contributed by atoms with Gasteiger partial charge < -0.3 is 15.4 Å². The molecule has 3 aromatic rings. The van der Waals surface area contributed by atoms with E-state index in [0.29, 0.717) is 23.3 Å². The van der Waals surface area contributed by atoms with E-state index in [4.69, 9.17) is 4.74 Å². The highest BCUT2D eigenvalue weighted by atomic mass is 19.4. The van der Waals surface area contributed by atoms with Crippen LogP contribution in [-0.4, -0.2) is 35.1 Å². The minimum Gasteiger partial charge on any atom is -0.493 e. The number of hydrogen-bond acceptors (Lipinski definition) is 4. The highest BCUT2D eigenvalue weighted by molar-refractivity contribution is 5.96. The summed E-state index contributed by atoms with van der Waals surface area (Å²) in [6.45, 7) is 7.33. The second-order valence-corrected chi connectivity index (χ2v) is 11.5. The fourth-order valence-corrected chi connectivity index (χ4v) is 4.32. The van der Waals surface area contributed by atoms with E-state index in [0.717, 1.165) is 43.5 Å². The molecule has 0 aliphatic heterocycles. The molecule has 1 heterocycles. The first kappa shape index (κ1) is 31.7. The molecule has 2 aromatic carbocycles. The van der Waals surface area contributed by atoms with Gasteiger partial charge in [0.05, 0.1) is 17.7 Å². The standard InChI is InChI=1S/C33H35F4N3O3/c1-19(2)43-29(23-8-9-23)28(16-21-7-6-20(3)38-18-21)40-30(41)26-15-12-24(17-27(26)34)22-10-13-25(14-11-22)39-31(42)32(4,5)33(35,36)37/h6-7,10-15,17-19,28H,8-9,16H2,1-5H3,(H,39,42)(H,40,41). The Morgan fingerprint density at radius 1 is 0.977 bits per heavy atom. The predicted molar refractivity (Wildman–Crippen MR) is 157 cm³/mol. The molecule has 1 aliphatic rings. The Morgan fingerprint density at radius 3 is 2.16 bits per heavy atom. The average molecular weight is 598 g/mol. The van der Waals surface area contributed by atoms with Crippen molar-refractivity contribution in [3.63, 3.8) is 0 Å². The molecule has 1 aromatic heterocycles. The van der Waals surface area contributed by atoms with Crippen LogP contribution in [0.2, 0.25) is 0 Å². The minimum absolute atomic E-state index is 0.106. The maximum absolute atomic E-state index is 15.3. The van der Waals surface area contributed by atoms with Crippen molar-refractivity contribution >= 4 is 17.5 Å². The number of alkyl halides is 3. The molecular formula is C33H35F4N3O3. The van der Waals surface area contributed by atoms with Gasteiger partial charge in [-0.1, -0.05) is 24.3 Å². The van der Waals surface area contributed by atoms with Crippen LogP contribution in [0.5, 0.6) is 0 Å². The summed E-state index contributed by atoms with van der Waals surface area (Å²) in [4.78, 5) is 29.9. The number of aryl methyl sites for hydroxylation is 1. The molecule has 1 fully saturated rings. The average Bonchev–Trinajstić information content (AvgIpc) is 3.77. The van der Waals surface area contributed by atoms with E-state index >= 15 is 4.39 Å². The van der Waals surface area contributed by atoms with Gasteiger partial charge in [0.2, 0.25) is 5.91 Å². The zero-order valence-electron chi connectivity index (χ0n) is 24.7. The Bertz CT molecular complexity index is 1510. The fourth-order valence-electron chi connectivity index (χ4n) is 4.32. The highest BCUT2D eigenvalue weighted by Crippen LogP contribution is 2.38. The van der Waals surface area contributed by atoms with Gasteiger partial charge in [0.1, 0.15) is 17.0 Å². The van der Waals surface area contributed by atoms with Gasteiger partial charge in [0, 0.05) is 24.0 Å². The van der Waals surface area contributed by atoms with Gasteiger partial charge in [0.25, 0.3) is 5.91 Å². The summed E-state index contributed by atoms with van der Waals surface area (Å²) in [6, 6.07) is 13.5. The van der Waals surface area contributed by atoms with Crippen LogP contribution in [0.1, 0.15) is 62.2 Å². The molecule has 0 saturated heterocycles. The number of rotatable bonds is 10. The third-order valence-corrected chi connectivity index (χ3v) is 7.21. The number of carbonyl (C=O) groups is 2. The molecule has 0 spiro atoms. The lowest BCUT2D eigenvalue weighted by atomic mass is 9.91. The smallest absolute Gasteiger partial charge is 0.402 e. The lowest BCUT2D eigenvalue weighted by Gasteiger charge is -2.26. The van der Waals surface area contributed by atoms with Crippen molar-refractivity contribution < 1.29 is 31.9 Å². The summed E-state index contributed by atoms with van der Waals surface area (Å²) in [7, 11) is 0. The van der Waals surface area contributed by atoms with Crippen molar-refractivity contribution in [1.82, 2.24) is 10.3 Å². The topological polar surface area (TPSA) is 80.3 Å². The Morgan fingerprint density at radius 2 is 1.63 bits per heavy atom. The second kappa shape index (κ2) is 12.6. The zero-order chi connectivity index (χ0) is 31.5. The number of nitrogens with zero attached hydrogens (tertiary/aromatic N) is 1. The van der Waals surface area contributed by atoms with Crippen LogP contribution in [-0.2, 0) is 16.0 Å². The van der Waals surface area contributed by atoms with Crippen molar-refractivity contribution in [2.45, 2.75) is 72.2 Å². The zero-order valence-corrected chi connectivity index (χ0v) is 24.7. The molecule has 43 heavy (non-hydrogen) atoms. The predicted octanol–water partition coefficient (Wildman–Crippen LogP) is 7.54. The third-order valence-electron chi connectivity index (χ3n) is 7.21. The van der Waals surface area contributed by atoms with Gasteiger partial charge >= 0.3 is 6.18 Å². The Labute approximate surface area is 248 Å². The number of aromatic nitrogens is 1. The Kier molecular flexibility index (Phi) is 9.27. The van der Waals surface area contributed by atoms with Crippen LogP contribution >= 0.6 is 0 Å². The summed E-state index contributed by atoms with van der Waals surface area (Å²) < 4.78 is 60.9. The van der Waals surface area contributed by atoms with Gasteiger partial charge in [-0.3, -0.25) is 14.6 Å². The molecule has 1 atom stereocenters. The second-order valence-electron chi connectivity index (χ2n) is 11.5. The van der Waals surface area contributed by atoms with Gasteiger partial charge in [0.15, 0.2) is 0 Å². The summed E-state index contributed by atoms with van der Waals surface area (Å²) >= 11 is 0. The number of amides is 2. The first-order chi connectivity index (χ1) is 20.2. The van der Waals surface area contributed by atoms with Crippen molar-refractivity contribution in [3.8, 4) is 11.1 Å². The molecule has 1 aliphatic carbocycles. The van der Waals surface area contributed by atoms with Crippen LogP contribution in [0.25, 0.3) is 11.1 Å². The lowest BCUT2D eigenvalue weighted by molar-refractivity contribution is -0.208. The number of nitrogens with one attached hydrogen (secondary N) is 2. The quantitative estimate of drug-likeness (QED) is 0.187. The van der Waals surface area contributed by atoms with E-state index in [2.05, 4.69) is 15.6 Å². The van der Waals surface area contributed by atoms with Gasteiger partial charge in [-0.15, -0.1) is 0 Å². The number of ether oxygens (including phenoxy) is 1. The third kappa shape index (κ3) is 7.80. The summed E-state index contributed by atoms with van der Waals surface area (Å²) in [5.74, 6) is -1.82. The fraction of sp³-hybridized carbons (Fsp3) is 0.364. The molecule has 2 amide bonds. The summed E-state index contributed by atoms with van der Waals surface area (Å²) in [6.07, 6.45) is -0.878. The summed E-state index contributed by atoms with van der Waals surface area (Å²) in [5, 5.41) is 5.23. The van der Waals surface area contributed by atoms with E-state index in [-0.39, 0.29) is 17.4 Å². The van der Waals surface area contributed by atoms with Gasteiger partial charge in [-0.2, -0.15) is 13.2 Å². The van der Waals surface area contributed by atoms with Crippen molar-refractivity contribution in [1.29, 1.82) is 0 Å². The van der Waals surface area contributed by atoms with Crippen molar-refractivity contribution in [3.05, 3.63) is 94.8 Å². The van der Waals surface area contributed by atoms with Crippen LogP contribution < -0.4 is 10.6 Å². The molecule has 1 saturated carbocycles. The van der Waals surface area contributed by atoms with E-state index < -0.39 is 35.3 Å². The van der Waals surface area contributed by atoms with E-state index in [1.807, 2.05) is 32.9 Å². The van der Waals surface area contributed by atoms with Crippen LogP contribution in [0.4, 0.5) is 23.2 Å². The van der Waals surface area contributed by atoms with E-state index in [9.17, 15) is 22.8 Å². The van der Waals surface area contributed by atoms with Crippen LogP contribution in [0, 0.1) is 18.2 Å². The van der Waals surface area contributed by atoms with Crippen LogP contribution in [0.15, 0.2) is 72.1 Å². The van der Waals surface area contributed by atoms with Crippen molar-refractivity contribution in [2.75, 3.05) is 5.32 Å². The molecule has 228 valence electrons. The number of benzene rings is 2. The first-order valence-corrected chi connectivity index (χ1v) is 14.0. The Hall–Kier alpha value is -4.21. The normalized spacial score (nSPS) is 13.9. The Balaban J connectivity index is 1.51. The largest absolute Gasteiger partial charge is 0.493 e. The van der Waals surface area contributed by atoms with Gasteiger partial charge in [-0.25, -0.2) is 4.39 Å². The minimum atomic E-state index is -4.71. The summed E-state index contributed by atoms with van der Waals surface area (Å²) in [5.41, 5.74) is 1.35. The maximum atomic E-state index is 15.3. The lowest BCUT2D eigenvalue weighted by Crippen LogP contribution is -2.43. The molecule has 6 nitrogen and oxygen atoms in total. The van der Waals surface area contributed by atoms with Crippen molar-refractivity contribution in [2.24, 2.45) is 5.41 Å². The number of hydrogen-bond donors (Lipinski definition) is 2. The van der Waals surface area contributed by atoms with E-state index in [1.165, 1.54) is 24.3 Å². The maximum Gasteiger partial charge on any atom is 0.402 e. The number of allylic oxidation sites excluding steroid dienone is 1. The number of anilines is 1. The van der Waals surface area contributed by atoms with E-state index in [1.54, 1.807) is 24.4 Å². The van der Waals surface area contributed by atoms with Gasteiger partial charge in [-0.05, 0) is 100 Å². The highest BCUT2D eigenvalue weighted by Gasteiger charge is 2.52. The molecular weight excluding hydrogens is 562 g/mol. The monoisotopic (exact) mass is 597 g/mol. The van der Waals surface area contributed by atoms with Crippen LogP contribution in [0.3, 0.4) is 0 Å². The molecule has 10 heteroatoms. The molecule has 0 radical (unpaired) electrons. The molecule has 4 rings (SSSR count). The first-order valence-electron chi connectivity index (χ1n) is 14.0. The molecule has 0 bridgehead atoms.